The second-order valence-electron chi connectivity index (χ2n) is 7.47. The Kier molecular flexibility index (Phi) is 5.38. The number of amides is 1. The predicted octanol–water partition coefficient (Wildman–Crippen LogP) is 3.46. The lowest BCUT2D eigenvalue weighted by Gasteiger charge is -2.30. The van der Waals surface area contributed by atoms with Crippen LogP contribution in [0.4, 0.5) is 5.69 Å². The number of fused-ring (bicyclic) bond motifs is 1. The van der Waals surface area contributed by atoms with Gasteiger partial charge in [0.25, 0.3) is 0 Å². The molecule has 0 spiro atoms. The lowest BCUT2D eigenvalue weighted by atomic mass is 9.91. The number of hydrogen-bond acceptors (Lipinski definition) is 4. The maximum absolute atomic E-state index is 12.8. The summed E-state index contributed by atoms with van der Waals surface area (Å²) in [5.74, 6) is -0.238. The van der Waals surface area contributed by atoms with Crippen molar-refractivity contribution < 1.29 is 13.2 Å². The number of carbonyl (C=O) groups excluding carboxylic acids is 1. The van der Waals surface area contributed by atoms with E-state index in [1.54, 1.807) is 18.3 Å². The molecule has 1 amide bonds. The minimum absolute atomic E-state index is 0.101. The van der Waals surface area contributed by atoms with E-state index in [-0.39, 0.29) is 16.8 Å². The molecule has 0 atom stereocenters. The van der Waals surface area contributed by atoms with Gasteiger partial charge in [-0.2, -0.15) is 0 Å². The van der Waals surface area contributed by atoms with E-state index in [9.17, 15) is 13.2 Å². The Morgan fingerprint density at radius 3 is 2.66 bits per heavy atom. The van der Waals surface area contributed by atoms with Crippen LogP contribution in [0.15, 0.2) is 59.8 Å². The maximum Gasteiger partial charge on any atom is 0.240 e. The second-order valence-corrected chi connectivity index (χ2v) is 9.19. The van der Waals surface area contributed by atoms with Crippen molar-refractivity contribution in [2.24, 2.45) is 0 Å². The number of nitrogens with one attached hydrogen (secondary N) is 2. The molecule has 2 aromatic heterocycles. The molecule has 0 bridgehead atoms. The Balaban J connectivity index is 1.42. The zero-order valence-corrected chi connectivity index (χ0v) is 17.0. The predicted molar refractivity (Wildman–Crippen MR) is 112 cm³/mol. The molecule has 1 aromatic carbocycles. The monoisotopic (exact) mass is 412 g/mol. The first-order valence-corrected chi connectivity index (χ1v) is 11.2. The van der Waals surface area contributed by atoms with Crippen molar-refractivity contribution in [2.75, 3.05) is 5.32 Å². The SMILES string of the molecule is CC(=O)Nc1cccc(S(=O)(=O)NC2CCC(n3ccc4cccnc43)CC2)c1. The van der Waals surface area contributed by atoms with E-state index in [1.807, 2.05) is 12.1 Å². The maximum atomic E-state index is 12.8. The molecular formula is C21H24N4O3S. The molecule has 2 heterocycles. The first kappa shape index (κ1) is 19.6. The number of rotatable bonds is 5. The molecule has 3 aromatic rings. The van der Waals surface area contributed by atoms with Crippen LogP contribution in [0, 0.1) is 0 Å². The normalized spacial score (nSPS) is 19.9. The molecule has 1 aliphatic carbocycles. The first-order chi connectivity index (χ1) is 13.9. The lowest BCUT2D eigenvalue weighted by molar-refractivity contribution is -0.114. The van der Waals surface area contributed by atoms with Crippen LogP contribution >= 0.6 is 0 Å². The van der Waals surface area contributed by atoms with Gasteiger partial charge >= 0.3 is 0 Å². The van der Waals surface area contributed by atoms with Crippen molar-refractivity contribution in [3.8, 4) is 0 Å². The molecule has 1 saturated carbocycles. The third kappa shape index (κ3) is 4.33. The van der Waals surface area contributed by atoms with Crippen LogP contribution < -0.4 is 10.0 Å². The molecule has 0 unspecified atom stereocenters. The van der Waals surface area contributed by atoms with Gasteiger partial charge in [-0.15, -0.1) is 0 Å². The van der Waals surface area contributed by atoms with E-state index < -0.39 is 10.0 Å². The number of anilines is 1. The molecule has 29 heavy (non-hydrogen) atoms. The van der Waals surface area contributed by atoms with Gasteiger partial charge in [0.2, 0.25) is 15.9 Å². The highest BCUT2D eigenvalue weighted by Gasteiger charge is 2.27. The quantitative estimate of drug-likeness (QED) is 0.671. The van der Waals surface area contributed by atoms with E-state index in [2.05, 4.69) is 31.9 Å². The van der Waals surface area contributed by atoms with Crippen molar-refractivity contribution in [1.82, 2.24) is 14.3 Å². The number of hydrogen-bond donors (Lipinski definition) is 2. The van der Waals surface area contributed by atoms with Gasteiger partial charge in [0.1, 0.15) is 5.65 Å². The Labute approximate surface area is 170 Å². The van der Waals surface area contributed by atoms with Crippen molar-refractivity contribution in [1.29, 1.82) is 0 Å². The van der Waals surface area contributed by atoms with Gasteiger partial charge in [-0.05, 0) is 62.1 Å². The molecule has 152 valence electrons. The van der Waals surface area contributed by atoms with Gasteiger partial charge in [-0.25, -0.2) is 18.1 Å². The zero-order valence-electron chi connectivity index (χ0n) is 16.2. The fourth-order valence-electron chi connectivity index (χ4n) is 3.98. The van der Waals surface area contributed by atoms with E-state index >= 15 is 0 Å². The third-order valence-corrected chi connectivity index (χ3v) is 6.87. The van der Waals surface area contributed by atoms with Gasteiger partial charge in [-0.1, -0.05) is 6.07 Å². The van der Waals surface area contributed by atoms with Crippen LogP contribution in [0.3, 0.4) is 0 Å². The van der Waals surface area contributed by atoms with Gasteiger partial charge < -0.3 is 9.88 Å². The number of nitrogens with zero attached hydrogens (tertiary/aromatic N) is 2. The van der Waals surface area contributed by atoms with Crippen LogP contribution in [-0.4, -0.2) is 29.9 Å². The molecule has 8 heteroatoms. The van der Waals surface area contributed by atoms with Gasteiger partial charge in [0.05, 0.1) is 4.90 Å². The number of pyridine rings is 1. The highest BCUT2D eigenvalue weighted by Crippen LogP contribution is 2.32. The molecule has 1 fully saturated rings. The van der Waals surface area contributed by atoms with Crippen molar-refractivity contribution >= 4 is 32.7 Å². The fraction of sp³-hybridized carbons (Fsp3) is 0.333. The topological polar surface area (TPSA) is 93.1 Å². The van der Waals surface area contributed by atoms with Crippen LogP contribution in [-0.2, 0) is 14.8 Å². The molecule has 0 radical (unpaired) electrons. The van der Waals surface area contributed by atoms with Crippen LogP contribution in [0.2, 0.25) is 0 Å². The molecular weight excluding hydrogens is 388 g/mol. The summed E-state index contributed by atoms with van der Waals surface area (Å²) in [6.45, 7) is 1.39. The van der Waals surface area contributed by atoms with Crippen molar-refractivity contribution in [2.45, 2.75) is 49.6 Å². The number of sulfonamides is 1. The Bertz CT molecular complexity index is 1130. The highest BCUT2D eigenvalue weighted by atomic mass is 32.2. The van der Waals surface area contributed by atoms with Crippen LogP contribution in [0.5, 0.6) is 0 Å². The number of carbonyl (C=O) groups is 1. The average molecular weight is 413 g/mol. The largest absolute Gasteiger partial charge is 0.329 e. The number of benzene rings is 1. The highest BCUT2D eigenvalue weighted by molar-refractivity contribution is 7.89. The summed E-state index contributed by atoms with van der Waals surface area (Å²) >= 11 is 0. The smallest absolute Gasteiger partial charge is 0.240 e. The summed E-state index contributed by atoms with van der Waals surface area (Å²) in [6.07, 6.45) is 7.18. The van der Waals surface area contributed by atoms with E-state index in [1.165, 1.54) is 19.1 Å². The molecule has 0 aliphatic heterocycles. The Hall–Kier alpha value is -2.71. The minimum Gasteiger partial charge on any atom is -0.329 e. The lowest BCUT2D eigenvalue weighted by Crippen LogP contribution is -2.38. The van der Waals surface area contributed by atoms with Gasteiger partial charge in [0.15, 0.2) is 0 Å². The van der Waals surface area contributed by atoms with Crippen molar-refractivity contribution in [3.63, 3.8) is 0 Å². The summed E-state index contributed by atoms with van der Waals surface area (Å²) in [5, 5.41) is 3.74. The van der Waals surface area contributed by atoms with Crippen molar-refractivity contribution in [3.05, 3.63) is 54.9 Å². The number of aromatic nitrogens is 2. The second kappa shape index (κ2) is 7.96. The van der Waals surface area contributed by atoms with E-state index in [4.69, 9.17) is 0 Å². The van der Waals surface area contributed by atoms with E-state index in [0.29, 0.717) is 11.7 Å². The summed E-state index contributed by atoms with van der Waals surface area (Å²) in [7, 11) is -3.64. The van der Waals surface area contributed by atoms with Crippen LogP contribution in [0.25, 0.3) is 11.0 Å². The minimum atomic E-state index is -3.64. The van der Waals surface area contributed by atoms with Gasteiger partial charge in [0, 0.05) is 42.5 Å². The molecule has 4 rings (SSSR count). The average Bonchev–Trinajstić information content (AvgIpc) is 3.12. The standard InChI is InChI=1S/C21H24N4O3S/c1-15(26)23-18-5-2-6-20(14-18)29(27,28)24-17-7-9-19(10-8-17)25-13-11-16-4-3-12-22-21(16)25/h2-6,11-14,17,19,24H,7-10H2,1H3,(H,23,26). The molecule has 1 aliphatic rings. The Morgan fingerprint density at radius 2 is 1.90 bits per heavy atom. The zero-order chi connectivity index (χ0) is 20.4. The van der Waals surface area contributed by atoms with E-state index in [0.717, 1.165) is 36.7 Å². The first-order valence-electron chi connectivity index (χ1n) is 9.74. The van der Waals surface area contributed by atoms with Crippen LogP contribution in [0.1, 0.15) is 38.6 Å². The summed E-state index contributed by atoms with van der Waals surface area (Å²) in [4.78, 5) is 15.9. The summed E-state index contributed by atoms with van der Waals surface area (Å²) in [5.41, 5.74) is 1.45. The van der Waals surface area contributed by atoms with Gasteiger partial charge in [-0.3, -0.25) is 4.79 Å². The molecule has 2 N–H and O–H groups in total. The Morgan fingerprint density at radius 1 is 1.10 bits per heavy atom. The molecule has 0 saturated heterocycles. The summed E-state index contributed by atoms with van der Waals surface area (Å²) in [6, 6.07) is 12.6. The third-order valence-electron chi connectivity index (χ3n) is 5.35. The fourth-order valence-corrected chi connectivity index (χ4v) is 5.34. The molecule has 7 nitrogen and oxygen atoms in total. The summed E-state index contributed by atoms with van der Waals surface area (Å²) < 4.78 is 30.6.